The molecule has 0 fully saturated rings. The minimum atomic E-state index is 0.796. The Morgan fingerprint density at radius 1 is 1.42 bits per heavy atom. The molecule has 0 saturated heterocycles. The Kier molecular flexibility index (Phi) is 3.85. The molecule has 64 valence electrons. The highest BCUT2D eigenvalue weighted by atomic mass is 35.5. The molecule has 2 heteroatoms. The number of hydrogen-bond donors (Lipinski definition) is 1. The number of hydrogen-bond acceptors (Lipinski definition) is 1. The molecule has 1 rings (SSSR count). The van der Waals surface area contributed by atoms with Crippen molar-refractivity contribution in [2.24, 2.45) is 0 Å². The highest BCUT2D eigenvalue weighted by molar-refractivity contribution is 6.32. The van der Waals surface area contributed by atoms with Crippen LogP contribution in [-0.2, 0) is 0 Å². The van der Waals surface area contributed by atoms with Crippen molar-refractivity contribution >= 4 is 17.7 Å². The second-order valence-corrected chi connectivity index (χ2v) is 2.89. The van der Waals surface area contributed by atoms with Gasteiger partial charge in [-0.25, -0.2) is 0 Å². The molecule has 0 aliphatic rings. The fourth-order valence-electron chi connectivity index (χ4n) is 0.914. The lowest BCUT2D eigenvalue weighted by Crippen LogP contribution is -2.03. The second kappa shape index (κ2) is 4.96. The van der Waals surface area contributed by atoms with Crippen LogP contribution < -0.4 is 5.32 Å². The van der Waals surface area contributed by atoms with E-state index in [-0.39, 0.29) is 0 Å². The van der Waals surface area contributed by atoms with Crippen molar-refractivity contribution in [1.82, 2.24) is 5.32 Å². The van der Waals surface area contributed by atoms with Crippen LogP contribution in [0.2, 0.25) is 5.02 Å². The Morgan fingerprint density at radius 3 is 2.83 bits per heavy atom. The van der Waals surface area contributed by atoms with Gasteiger partial charge in [-0.3, -0.25) is 0 Å². The van der Waals surface area contributed by atoms with Crippen LogP contribution in [0, 0.1) is 0 Å². The van der Waals surface area contributed by atoms with Gasteiger partial charge in [0.1, 0.15) is 0 Å². The molecule has 12 heavy (non-hydrogen) atoms. The van der Waals surface area contributed by atoms with Gasteiger partial charge in [0.2, 0.25) is 0 Å². The van der Waals surface area contributed by atoms with Gasteiger partial charge in [-0.2, -0.15) is 0 Å². The quantitative estimate of drug-likeness (QED) is 0.756. The van der Waals surface area contributed by atoms with E-state index in [1.807, 2.05) is 43.5 Å². The average molecular weight is 182 g/mol. The molecule has 1 aromatic rings. The van der Waals surface area contributed by atoms with E-state index in [1.165, 1.54) is 0 Å². The molecule has 0 aliphatic heterocycles. The first-order valence-electron chi connectivity index (χ1n) is 3.90. The van der Waals surface area contributed by atoms with Crippen molar-refractivity contribution < 1.29 is 0 Å². The monoisotopic (exact) mass is 181 g/mol. The van der Waals surface area contributed by atoms with Crippen LogP contribution in [-0.4, -0.2) is 13.6 Å². The number of halogens is 1. The molecule has 0 amide bonds. The van der Waals surface area contributed by atoms with Crippen LogP contribution >= 0.6 is 11.6 Å². The summed E-state index contributed by atoms with van der Waals surface area (Å²) in [6.07, 6.45) is 4.06. The van der Waals surface area contributed by atoms with E-state index < -0.39 is 0 Å². The molecule has 0 bridgehead atoms. The maximum Gasteiger partial charge on any atom is 0.0478 e. The number of rotatable bonds is 3. The zero-order chi connectivity index (χ0) is 8.81. The first kappa shape index (κ1) is 9.30. The molecule has 1 aromatic carbocycles. The molecule has 1 N–H and O–H groups in total. The summed E-state index contributed by atoms with van der Waals surface area (Å²) in [5.41, 5.74) is 1.06. The molecule has 0 atom stereocenters. The van der Waals surface area contributed by atoms with Crippen molar-refractivity contribution in [3.8, 4) is 0 Å². The van der Waals surface area contributed by atoms with E-state index >= 15 is 0 Å². The van der Waals surface area contributed by atoms with Gasteiger partial charge in [-0.15, -0.1) is 0 Å². The Balaban J connectivity index is 2.68. The third-order valence-electron chi connectivity index (χ3n) is 1.52. The lowest BCUT2D eigenvalue weighted by molar-refractivity contribution is 0.922. The summed E-state index contributed by atoms with van der Waals surface area (Å²) < 4.78 is 0. The van der Waals surface area contributed by atoms with Crippen LogP contribution in [0.15, 0.2) is 30.3 Å². The number of benzene rings is 1. The maximum atomic E-state index is 5.93. The van der Waals surface area contributed by atoms with E-state index in [0.717, 1.165) is 17.1 Å². The van der Waals surface area contributed by atoms with Gasteiger partial charge in [0, 0.05) is 11.6 Å². The molecule has 0 aromatic heterocycles. The van der Waals surface area contributed by atoms with Gasteiger partial charge in [0.05, 0.1) is 0 Å². The van der Waals surface area contributed by atoms with E-state index in [0.29, 0.717) is 0 Å². The predicted octanol–water partition coefficient (Wildman–Crippen LogP) is 2.57. The molecule has 0 saturated carbocycles. The molecule has 0 unspecified atom stereocenters. The molecule has 0 radical (unpaired) electrons. The van der Waals surface area contributed by atoms with Gasteiger partial charge in [0.15, 0.2) is 0 Å². The molecule has 0 spiro atoms. The van der Waals surface area contributed by atoms with E-state index in [2.05, 4.69) is 5.32 Å². The zero-order valence-electron chi connectivity index (χ0n) is 7.05. The summed E-state index contributed by atoms with van der Waals surface area (Å²) in [6, 6.07) is 7.79. The van der Waals surface area contributed by atoms with Crippen LogP contribution in [0.25, 0.3) is 6.08 Å². The number of nitrogens with one attached hydrogen (secondary N) is 1. The number of likely N-dealkylation sites (N-methyl/N-ethyl adjacent to an activating group) is 1. The Labute approximate surface area is 78.1 Å². The van der Waals surface area contributed by atoms with Gasteiger partial charge < -0.3 is 5.32 Å². The largest absolute Gasteiger partial charge is 0.316 e. The fraction of sp³-hybridized carbons (Fsp3) is 0.200. The molecular formula is C10H12ClN. The topological polar surface area (TPSA) is 12.0 Å². The van der Waals surface area contributed by atoms with Gasteiger partial charge in [0.25, 0.3) is 0 Å². The first-order valence-corrected chi connectivity index (χ1v) is 4.28. The van der Waals surface area contributed by atoms with E-state index in [1.54, 1.807) is 0 Å². The van der Waals surface area contributed by atoms with Crippen molar-refractivity contribution in [1.29, 1.82) is 0 Å². The molecular weight excluding hydrogens is 170 g/mol. The standard InChI is InChI=1S/C10H12ClN/c1-12-8-4-6-9-5-2-3-7-10(9)11/h2-7,12H,8H2,1H3. The van der Waals surface area contributed by atoms with Crippen LogP contribution in [0.5, 0.6) is 0 Å². The molecule has 0 aliphatic carbocycles. The third-order valence-corrected chi connectivity index (χ3v) is 1.87. The summed E-state index contributed by atoms with van der Waals surface area (Å²) in [5.74, 6) is 0. The van der Waals surface area contributed by atoms with Crippen LogP contribution in [0.4, 0.5) is 0 Å². The Morgan fingerprint density at radius 2 is 2.17 bits per heavy atom. The summed E-state index contributed by atoms with van der Waals surface area (Å²) in [7, 11) is 1.91. The minimum absolute atomic E-state index is 0.796. The van der Waals surface area contributed by atoms with Crippen molar-refractivity contribution in [3.05, 3.63) is 40.9 Å². The second-order valence-electron chi connectivity index (χ2n) is 2.48. The lowest BCUT2D eigenvalue weighted by Gasteiger charge is -1.95. The van der Waals surface area contributed by atoms with Crippen LogP contribution in [0.3, 0.4) is 0 Å². The van der Waals surface area contributed by atoms with E-state index in [9.17, 15) is 0 Å². The zero-order valence-corrected chi connectivity index (χ0v) is 7.81. The van der Waals surface area contributed by atoms with Crippen molar-refractivity contribution in [3.63, 3.8) is 0 Å². The summed E-state index contributed by atoms with van der Waals surface area (Å²) >= 11 is 5.93. The average Bonchev–Trinajstić information content (AvgIpc) is 2.09. The highest BCUT2D eigenvalue weighted by Gasteiger charge is 1.91. The lowest BCUT2D eigenvalue weighted by atomic mass is 10.2. The Hall–Kier alpha value is -0.790. The summed E-state index contributed by atoms with van der Waals surface area (Å²) in [5, 5.41) is 3.82. The van der Waals surface area contributed by atoms with Crippen molar-refractivity contribution in [2.45, 2.75) is 0 Å². The van der Waals surface area contributed by atoms with Crippen molar-refractivity contribution in [2.75, 3.05) is 13.6 Å². The smallest absolute Gasteiger partial charge is 0.0478 e. The molecule has 1 nitrogen and oxygen atoms in total. The van der Waals surface area contributed by atoms with Gasteiger partial charge in [-0.05, 0) is 18.7 Å². The molecule has 0 heterocycles. The van der Waals surface area contributed by atoms with E-state index in [4.69, 9.17) is 11.6 Å². The summed E-state index contributed by atoms with van der Waals surface area (Å²) in [6.45, 7) is 0.866. The first-order chi connectivity index (χ1) is 5.84. The fourth-order valence-corrected chi connectivity index (χ4v) is 1.11. The predicted molar refractivity (Wildman–Crippen MR) is 54.4 cm³/mol. The summed E-state index contributed by atoms with van der Waals surface area (Å²) in [4.78, 5) is 0. The SMILES string of the molecule is CNCC=Cc1ccccc1Cl. The third kappa shape index (κ3) is 2.68. The maximum absolute atomic E-state index is 5.93. The van der Waals surface area contributed by atoms with Gasteiger partial charge in [-0.1, -0.05) is 42.0 Å². The minimum Gasteiger partial charge on any atom is -0.316 e. The Bertz CT molecular complexity index is 268. The normalized spacial score (nSPS) is 10.8. The highest BCUT2D eigenvalue weighted by Crippen LogP contribution is 2.15. The van der Waals surface area contributed by atoms with Crippen LogP contribution in [0.1, 0.15) is 5.56 Å². The van der Waals surface area contributed by atoms with Gasteiger partial charge >= 0.3 is 0 Å².